The zero-order valence-corrected chi connectivity index (χ0v) is 12.4. The van der Waals surface area contributed by atoms with Crippen LogP contribution in [0, 0.1) is 0 Å². The highest BCUT2D eigenvalue weighted by molar-refractivity contribution is 9.10. The van der Waals surface area contributed by atoms with Crippen LogP contribution in [0.1, 0.15) is 0 Å². The van der Waals surface area contributed by atoms with Crippen molar-refractivity contribution < 1.29 is 9.47 Å². The first kappa shape index (κ1) is 12.2. The minimum Gasteiger partial charge on any atom is -0.493 e. The first-order valence-electron chi connectivity index (χ1n) is 5.68. The topological polar surface area (TPSA) is 49.2 Å². The molecule has 0 N–H and O–H groups in total. The minimum atomic E-state index is 0.668. The number of ether oxygens (including phenoxy) is 2. The van der Waals surface area contributed by atoms with Crippen molar-refractivity contribution >= 4 is 37.7 Å². The van der Waals surface area contributed by atoms with Gasteiger partial charge in [-0.25, -0.2) is 0 Å². The van der Waals surface area contributed by atoms with E-state index in [0.29, 0.717) is 11.5 Å². The molecule has 0 unspecified atom stereocenters. The second-order valence-corrected chi connectivity index (χ2v) is 4.91. The van der Waals surface area contributed by atoms with Crippen molar-refractivity contribution in [3.05, 3.63) is 22.9 Å². The van der Waals surface area contributed by atoms with E-state index in [1.54, 1.807) is 25.1 Å². The van der Waals surface area contributed by atoms with Crippen LogP contribution in [-0.4, -0.2) is 29.0 Å². The number of nitrogens with zero attached hydrogens (tertiary/aromatic N) is 3. The van der Waals surface area contributed by atoms with Gasteiger partial charge in [0.2, 0.25) is 0 Å². The van der Waals surface area contributed by atoms with Crippen LogP contribution in [-0.2, 0) is 7.05 Å². The number of rotatable bonds is 2. The van der Waals surface area contributed by atoms with E-state index >= 15 is 0 Å². The molecule has 3 rings (SSSR count). The third-order valence-corrected chi connectivity index (χ3v) is 3.70. The van der Waals surface area contributed by atoms with Crippen molar-refractivity contribution in [2.75, 3.05) is 14.2 Å². The van der Waals surface area contributed by atoms with Gasteiger partial charge in [-0.1, -0.05) is 0 Å². The zero-order chi connectivity index (χ0) is 13.6. The summed E-state index contributed by atoms with van der Waals surface area (Å²) in [6.45, 7) is 0. The summed E-state index contributed by atoms with van der Waals surface area (Å²) in [6.07, 6.45) is 1.81. The smallest absolute Gasteiger partial charge is 0.162 e. The van der Waals surface area contributed by atoms with Crippen LogP contribution in [0.3, 0.4) is 0 Å². The molecule has 3 aromatic rings. The van der Waals surface area contributed by atoms with Gasteiger partial charge in [-0.2, -0.15) is 5.10 Å². The van der Waals surface area contributed by atoms with Crippen molar-refractivity contribution in [2.24, 2.45) is 7.05 Å². The molecule has 0 atom stereocenters. The van der Waals surface area contributed by atoms with Crippen molar-refractivity contribution in [2.45, 2.75) is 0 Å². The van der Waals surface area contributed by atoms with Gasteiger partial charge in [0.1, 0.15) is 4.60 Å². The van der Waals surface area contributed by atoms with E-state index in [9.17, 15) is 0 Å². The molecule has 0 radical (unpaired) electrons. The summed E-state index contributed by atoms with van der Waals surface area (Å²) in [5.74, 6) is 1.35. The highest BCUT2D eigenvalue weighted by atomic mass is 79.9. The zero-order valence-electron chi connectivity index (χ0n) is 10.8. The van der Waals surface area contributed by atoms with Gasteiger partial charge in [-0.3, -0.25) is 9.67 Å². The Hall–Kier alpha value is -1.82. The molecule has 2 heterocycles. The van der Waals surface area contributed by atoms with Gasteiger partial charge in [0.05, 0.1) is 31.4 Å². The Bertz CT molecular complexity index is 782. The van der Waals surface area contributed by atoms with Gasteiger partial charge in [0.15, 0.2) is 11.5 Å². The lowest BCUT2D eigenvalue weighted by atomic mass is 10.1. The summed E-state index contributed by atoms with van der Waals surface area (Å²) in [6, 6.07) is 3.79. The fourth-order valence-corrected chi connectivity index (χ4v) is 2.86. The number of pyridine rings is 1. The maximum Gasteiger partial charge on any atom is 0.162 e. The van der Waals surface area contributed by atoms with Crippen LogP contribution in [0.25, 0.3) is 21.8 Å². The average Bonchev–Trinajstić information content (AvgIpc) is 2.72. The largest absolute Gasteiger partial charge is 0.493 e. The second-order valence-electron chi connectivity index (χ2n) is 4.16. The van der Waals surface area contributed by atoms with Crippen molar-refractivity contribution in [3.63, 3.8) is 0 Å². The normalized spacial score (nSPS) is 11.2. The van der Waals surface area contributed by atoms with E-state index in [0.717, 1.165) is 26.4 Å². The van der Waals surface area contributed by atoms with Crippen LogP contribution >= 0.6 is 15.9 Å². The molecule has 98 valence electrons. The van der Waals surface area contributed by atoms with E-state index < -0.39 is 0 Å². The highest BCUT2D eigenvalue weighted by Crippen LogP contribution is 2.36. The molecule has 0 aliphatic heterocycles. The number of benzene rings is 1. The van der Waals surface area contributed by atoms with E-state index in [2.05, 4.69) is 26.0 Å². The maximum absolute atomic E-state index is 5.34. The SMILES string of the molecule is COc1cc2ncc3c(c(Br)nn3C)c2cc1OC. The summed E-state index contributed by atoms with van der Waals surface area (Å²) in [5.41, 5.74) is 1.81. The fourth-order valence-electron chi connectivity index (χ4n) is 2.21. The van der Waals surface area contributed by atoms with E-state index in [1.165, 1.54) is 0 Å². The van der Waals surface area contributed by atoms with Crippen LogP contribution in [0.2, 0.25) is 0 Å². The van der Waals surface area contributed by atoms with Crippen molar-refractivity contribution in [1.29, 1.82) is 0 Å². The Morgan fingerprint density at radius 2 is 1.84 bits per heavy atom. The third kappa shape index (κ3) is 1.74. The van der Waals surface area contributed by atoms with Gasteiger partial charge < -0.3 is 9.47 Å². The number of aryl methyl sites for hydroxylation is 1. The van der Waals surface area contributed by atoms with E-state index in [-0.39, 0.29) is 0 Å². The molecule has 2 aromatic heterocycles. The quantitative estimate of drug-likeness (QED) is 0.728. The van der Waals surface area contributed by atoms with Crippen LogP contribution in [0.5, 0.6) is 11.5 Å². The van der Waals surface area contributed by atoms with Crippen molar-refractivity contribution in [3.8, 4) is 11.5 Å². The summed E-state index contributed by atoms with van der Waals surface area (Å²) in [4.78, 5) is 4.45. The predicted octanol–water partition coefficient (Wildman–Crippen LogP) is 2.90. The Kier molecular flexibility index (Phi) is 2.82. The molecule has 0 fully saturated rings. The third-order valence-electron chi connectivity index (χ3n) is 3.15. The molecule has 1 aromatic carbocycles. The number of hydrogen-bond acceptors (Lipinski definition) is 4. The van der Waals surface area contributed by atoms with E-state index in [4.69, 9.17) is 9.47 Å². The first-order valence-corrected chi connectivity index (χ1v) is 6.48. The monoisotopic (exact) mass is 321 g/mol. The molecule has 0 bridgehead atoms. The molecule has 0 saturated carbocycles. The lowest BCUT2D eigenvalue weighted by Crippen LogP contribution is -1.93. The van der Waals surface area contributed by atoms with Crippen molar-refractivity contribution in [1.82, 2.24) is 14.8 Å². The Balaban J connectivity index is 2.47. The predicted molar refractivity (Wildman–Crippen MR) is 76.8 cm³/mol. The number of fused-ring (bicyclic) bond motifs is 3. The molecular formula is C13H12BrN3O2. The lowest BCUT2D eigenvalue weighted by molar-refractivity contribution is 0.356. The van der Waals surface area contributed by atoms with Crippen LogP contribution in [0.15, 0.2) is 22.9 Å². The van der Waals surface area contributed by atoms with Gasteiger partial charge in [0.25, 0.3) is 0 Å². The lowest BCUT2D eigenvalue weighted by Gasteiger charge is -2.09. The van der Waals surface area contributed by atoms with Gasteiger partial charge in [-0.05, 0) is 22.0 Å². The summed E-state index contributed by atoms with van der Waals surface area (Å²) < 4.78 is 13.2. The second kappa shape index (κ2) is 4.38. The van der Waals surface area contributed by atoms with Crippen LogP contribution in [0.4, 0.5) is 0 Å². The Labute approximate surface area is 118 Å². The molecule has 5 nitrogen and oxygen atoms in total. The standard InChI is InChI=1S/C13H12BrN3O2/c1-17-9-6-15-8-5-11(19-3)10(18-2)4-7(8)12(9)13(14)16-17/h4-6H,1-3H3. The molecule has 0 amide bonds. The van der Waals surface area contributed by atoms with E-state index in [1.807, 2.05) is 19.2 Å². The number of aromatic nitrogens is 3. The molecule has 0 aliphatic carbocycles. The molecule has 6 heteroatoms. The Morgan fingerprint density at radius 3 is 2.53 bits per heavy atom. The average molecular weight is 322 g/mol. The van der Waals surface area contributed by atoms with Gasteiger partial charge in [-0.15, -0.1) is 0 Å². The first-order chi connectivity index (χ1) is 9.15. The highest BCUT2D eigenvalue weighted by Gasteiger charge is 2.14. The summed E-state index contributed by atoms with van der Waals surface area (Å²) >= 11 is 3.49. The minimum absolute atomic E-state index is 0.668. The molecule has 0 saturated heterocycles. The van der Waals surface area contributed by atoms with Gasteiger partial charge >= 0.3 is 0 Å². The van der Waals surface area contributed by atoms with Gasteiger partial charge in [0, 0.05) is 23.9 Å². The number of halogens is 1. The fraction of sp³-hybridized carbons (Fsp3) is 0.231. The molecule has 0 spiro atoms. The molecule has 0 aliphatic rings. The molecule has 19 heavy (non-hydrogen) atoms. The maximum atomic E-state index is 5.34. The van der Waals surface area contributed by atoms with Crippen LogP contribution < -0.4 is 9.47 Å². The number of hydrogen-bond donors (Lipinski definition) is 0. The summed E-state index contributed by atoms with van der Waals surface area (Å²) in [7, 11) is 5.12. The molecular weight excluding hydrogens is 310 g/mol. The Morgan fingerprint density at radius 1 is 1.16 bits per heavy atom. The summed E-state index contributed by atoms with van der Waals surface area (Å²) in [5, 5.41) is 6.36. The number of methoxy groups -OCH3 is 2.